The second kappa shape index (κ2) is 6.69. The Balaban J connectivity index is 1.51. The van der Waals surface area contributed by atoms with Crippen molar-refractivity contribution in [2.45, 2.75) is 25.8 Å². The Kier molecular flexibility index (Phi) is 4.24. The molecule has 0 unspecified atom stereocenters. The molecule has 0 saturated carbocycles. The van der Waals surface area contributed by atoms with Crippen LogP contribution in [0, 0.1) is 0 Å². The molecule has 2 aromatic carbocycles. The average Bonchev–Trinajstić information content (AvgIpc) is 3.07. The van der Waals surface area contributed by atoms with Gasteiger partial charge in [-0.2, -0.15) is 0 Å². The van der Waals surface area contributed by atoms with Crippen LogP contribution in [-0.4, -0.2) is 20.7 Å². The number of amides is 1. The van der Waals surface area contributed by atoms with Crippen LogP contribution >= 0.6 is 11.6 Å². The number of rotatable bonds is 3. The molecular weight excluding hydrogens is 336 g/mol. The monoisotopic (exact) mass is 352 g/mol. The summed E-state index contributed by atoms with van der Waals surface area (Å²) >= 11 is 5.85. The van der Waals surface area contributed by atoms with Crippen LogP contribution in [0.3, 0.4) is 0 Å². The first-order valence-corrected chi connectivity index (χ1v) is 8.68. The van der Waals surface area contributed by atoms with Gasteiger partial charge in [0.05, 0.1) is 0 Å². The molecule has 6 heteroatoms. The molecule has 0 radical (unpaired) electrons. The number of aryl methyl sites for hydroxylation is 1. The Bertz CT molecular complexity index is 900. The van der Waals surface area contributed by atoms with Gasteiger partial charge in [0.1, 0.15) is 5.82 Å². The fourth-order valence-electron chi connectivity index (χ4n) is 3.03. The van der Waals surface area contributed by atoms with Gasteiger partial charge in [0.2, 0.25) is 0 Å². The van der Waals surface area contributed by atoms with Crippen molar-refractivity contribution < 1.29 is 4.79 Å². The van der Waals surface area contributed by atoms with E-state index in [1.807, 2.05) is 24.3 Å². The van der Waals surface area contributed by atoms with E-state index in [1.165, 1.54) is 6.42 Å². The Morgan fingerprint density at radius 1 is 1.00 bits per heavy atom. The summed E-state index contributed by atoms with van der Waals surface area (Å²) in [6.07, 6.45) is 3.32. The van der Waals surface area contributed by atoms with Crippen molar-refractivity contribution in [3.63, 3.8) is 0 Å². The number of carbonyl (C=O) groups excluding carboxylic acids is 1. The molecule has 0 atom stereocenters. The SMILES string of the molecule is O=C(Nc1ccc(-c2nnc3n2CCCC3)cc1)c1ccc(Cl)cc1. The average molecular weight is 353 g/mol. The number of nitrogens with one attached hydrogen (secondary N) is 1. The van der Waals surface area contributed by atoms with E-state index in [1.54, 1.807) is 24.3 Å². The summed E-state index contributed by atoms with van der Waals surface area (Å²) in [6, 6.07) is 14.5. The standard InChI is InChI=1S/C19H17ClN4O/c20-15-8-4-14(5-9-15)19(25)21-16-10-6-13(7-11-16)18-23-22-17-3-1-2-12-24(17)18/h4-11H,1-3,12H2,(H,21,25). The van der Waals surface area contributed by atoms with Crippen LogP contribution in [0.4, 0.5) is 5.69 Å². The van der Waals surface area contributed by atoms with Crippen LogP contribution in [0.1, 0.15) is 29.0 Å². The molecule has 2 heterocycles. The van der Waals surface area contributed by atoms with Crippen molar-refractivity contribution in [1.29, 1.82) is 0 Å². The first-order chi connectivity index (χ1) is 12.2. The van der Waals surface area contributed by atoms with Crippen molar-refractivity contribution in [2.75, 3.05) is 5.32 Å². The maximum absolute atomic E-state index is 12.2. The molecule has 1 aliphatic heterocycles. The predicted molar refractivity (Wildman–Crippen MR) is 97.8 cm³/mol. The van der Waals surface area contributed by atoms with Crippen LogP contribution in [0.15, 0.2) is 48.5 Å². The third kappa shape index (κ3) is 3.28. The van der Waals surface area contributed by atoms with E-state index in [0.717, 1.165) is 42.3 Å². The molecule has 1 aliphatic rings. The highest BCUT2D eigenvalue weighted by atomic mass is 35.5. The van der Waals surface area contributed by atoms with E-state index in [-0.39, 0.29) is 5.91 Å². The quantitative estimate of drug-likeness (QED) is 0.769. The highest BCUT2D eigenvalue weighted by Crippen LogP contribution is 2.24. The van der Waals surface area contributed by atoms with E-state index < -0.39 is 0 Å². The number of carbonyl (C=O) groups is 1. The predicted octanol–water partition coefficient (Wildman–Crippen LogP) is 4.19. The molecule has 3 aromatic rings. The maximum atomic E-state index is 12.2. The van der Waals surface area contributed by atoms with Crippen molar-refractivity contribution in [3.8, 4) is 11.4 Å². The maximum Gasteiger partial charge on any atom is 0.255 e. The number of halogens is 1. The Morgan fingerprint density at radius 3 is 2.52 bits per heavy atom. The second-order valence-electron chi connectivity index (χ2n) is 6.09. The molecule has 1 N–H and O–H groups in total. The van der Waals surface area contributed by atoms with Crippen LogP contribution in [-0.2, 0) is 13.0 Å². The highest BCUT2D eigenvalue weighted by Gasteiger charge is 2.16. The lowest BCUT2D eigenvalue weighted by Gasteiger charge is -2.14. The smallest absolute Gasteiger partial charge is 0.255 e. The Labute approximate surface area is 150 Å². The molecule has 1 aromatic heterocycles. The second-order valence-corrected chi connectivity index (χ2v) is 6.52. The fourth-order valence-corrected chi connectivity index (χ4v) is 3.15. The molecule has 0 aliphatic carbocycles. The number of hydrogen-bond acceptors (Lipinski definition) is 3. The van der Waals surface area contributed by atoms with E-state index in [2.05, 4.69) is 20.1 Å². The molecular formula is C19H17ClN4O. The molecule has 4 rings (SSSR count). The summed E-state index contributed by atoms with van der Waals surface area (Å²) in [5.74, 6) is 1.79. The fraction of sp³-hybridized carbons (Fsp3) is 0.211. The van der Waals surface area contributed by atoms with Gasteiger partial charge in [0, 0.05) is 34.8 Å². The molecule has 0 saturated heterocycles. The summed E-state index contributed by atoms with van der Waals surface area (Å²) in [6.45, 7) is 0.965. The van der Waals surface area contributed by atoms with Gasteiger partial charge in [-0.05, 0) is 61.4 Å². The van der Waals surface area contributed by atoms with Gasteiger partial charge in [-0.3, -0.25) is 4.79 Å². The van der Waals surface area contributed by atoms with Gasteiger partial charge in [-0.25, -0.2) is 0 Å². The normalized spacial score (nSPS) is 13.3. The minimum Gasteiger partial charge on any atom is -0.322 e. The summed E-state index contributed by atoms with van der Waals surface area (Å²) in [7, 11) is 0. The van der Waals surface area contributed by atoms with Gasteiger partial charge in [0.25, 0.3) is 5.91 Å². The van der Waals surface area contributed by atoms with E-state index in [0.29, 0.717) is 10.6 Å². The zero-order chi connectivity index (χ0) is 17.2. The van der Waals surface area contributed by atoms with Gasteiger partial charge in [0.15, 0.2) is 5.82 Å². The van der Waals surface area contributed by atoms with Gasteiger partial charge in [-0.1, -0.05) is 11.6 Å². The van der Waals surface area contributed by atoms with Crippen molar-refractivity contribution >= 4 is 23.2 Å². The lowest BCUT2D eigenvalue weighted by atomic mass is 10.1. The van der Waals surface area contributed by atoms with Crippen molar-refractivity contribution in [3.05, 3.63) is 64.9 Å². The number of anilines is 1. The van der Waals surface area contributed by atoms with E-state index in [9.17, 15) is 4.79 Å². The molecule has 0 spiro atoms. The minimum atomic E-state index is -0.163. The lowest BCUT2D eigenvalue weighted by molar-refractivity contribution is 0.102. The zero-order valence-corrected chi connectivity index (χ0v) is 14.3. The summed E-state index contributed by atoms with van der Waals surface area (Å²) < 4.78 is 2.19. The molecule has 0 fully saturated rings. The van der Waals surface area contributed by atoms with Crippen molar-refractivity contribution in [1.82, 2.24) is 14.8 Å². The number of hydrogen-bond donors (Lipinski definition) is 1. The Hall–Kier alpha value is -2.66. The van der Waals surface area contributed by atoms with Gasteiger partial charge >= 0.3 is 0 Å². The summed E-state index contributed by atoms with van der Waals surface area (Å²) in [4.78, 5) is 12.2. The molecule has 0 bridgehead atoms. The van der Waals surface area contributed by atoms with Crippen LogP contribution in [0.2, 0.25) is 5.02 Å². The number of fused-ring (bicyclic) bond motifs is 1. The number of aromatic nitrogens is 3. The van der Waals surface area contributed by atoms with Gasteiger partial charge in [-0.15, -0.1) is 10.2 Å². The minimum absolute atomic E-state index is 0.163. The third-order valence-corrected chi connectivity index (χ3v) is 4.62. The van der Waals surface area contributed by atoms with Crippen LogP contribution in [0.5, 0.6) is 0 Å². The third-order valence-electron chi connectivity index (χ3n) is 4.37. The topological polar surface area (TPSA) is 59.8 Å². The zero-order valence-electron chi connectivity index (χ0n) is 13.6. The van der Waals surface area contributed by atoms with Crippen LogP contribution in [0.25, 0.3) is 11.4 Å². The van der Waals surface area contributed by atoms with E-state index in [4.69, 9.17) is 11.6 Å². The molecule has 126 valence electrons. The van der Waals surface area contributed by atoms with Crippen molar-refractivity contribution in [2.24, 2.45) is 0 Å². The van der Waals surface area contributed by atoms with Crippen LogP contribution < -0.4 is 5.32 Å². The number of benzene rings is 2. The lowest BCUT2D eigenvalue weighted by Crippen LogP contribution is -2.12. The Morgan fingerprint density at radius 2 is 1.76 bits per heavy atom. The summed E-state index contributed by atoms with van der Waals surface area (Å²) in [5.41, 5.74) is 2.31. The first-order valence-electron chi connectivity index (χ1n) is 8.30. The van der Waals surface area contributed by atoms with E-state index >= 15 is 0 Å². The highest BCUT2D eigenvalue weighted by molar-refractivity contribution is 6.30. The molecule has 1 amide bonds. The van der Waals surface area contributed by atoms with Gasteiger partial charge < -0.3 is 9.88 Å². The number of nitrogens with zero attached hydrogens (tertiary/aromatic N) is 3. The first kappa shape index (κ1) is 15.8. The largest absolute Gasteiger partial charge is 0.322 e. The molecule has 25 heavy (non-hydrogen) atoms. The molecule has 5 nitrogen and oxygen atoms in total. The summed E-state index contributed by atoms with van der Waals surface area (Å²) in [5, 5.41) is 12.1.